The van der Waals surface area contributed by atoms with Gasteiger partial charge < -0.3 is 22.1 Å². The minimum absolute atomic E-state index is 0.749. The van der Waals surface area contributed by atoms with E-state index >= 15 is 0 Å². The molecule has 0 unspecified atom stereocenters. The van der Waals surface area contributed by atoms with Crippen LogP contribution in [0, 0.1) is 6.92 Å². The highest BCUT2D eigenvalue weighted by molar-refractivity contribution is 5.81. The van der Waals surface area contributed by atoms with E-state index < -0.39 is 0 Å². The van der Waals surface area contributed by atoms with Crippen LogP contribution in [0.1, 0.15) is 29.2 Å². The van der Waals surface area contributed by atoms with Crippen molar-refractivity contribution in [1.82, 2.24) is 10.6 Å². The molecule has 1 aliphatic rings. The van der Waals surface area contributed by atoms with Gasteiger partial charge in [-0.25, -0.2) is 0 Å². The number of hydrogen-bond donors (Lipinski definition) is 4. The van der Waals surface area contributed by atoms with Crippen LogP contribution >= 0.6 is 0 Å². The molecule has 0 atom stereocenters. The van der Waals surface area contributed by atoms with Crippen molar-refractivity contribution in [3.8, 4) is 0 Å². The summed E-state index contributed by atoms with van der Waals surface area (Å²) in [5.41, 5.74) is 20.1. The standard InChI is InChI=1S/C15H22N4/c1-8-12(15(18-4)9(2)16)7-13-10(3)19-6-5-11(13)14(8)17/h7,18-19H,3,5-6,16-17H2,1-2,4H3/b15-9-. The Bertz CT molecular complexity index is 566. The van der Waals surface area contributed by atoms with Crippen molar-refractivity contribution in [3.05, 3.63) is 40.6 Å². The first-order chi connectivity index (χ1) is 8.97. The molecule has 0 aromatic heterocycles. The lowest BCUT2D eigenvalue weighted by molar-refractivity contribution is 0.816. The maximum atomic E-state index is 6.30. The first kappa shape index (κ1) is 13.3. The van der Waals surface area contributed by atoms with E-state index in [0.717, 1.165) is 52.4 Å². The van der Waals surface area contributed by atoms with E-state index in [1.54, 1.807) is 0 Å². The molecule has 1 aromatic carbocycles. The van der Waals surface area contributed by atoms with Crippen LogP contribution < -0.4 is 22.1 Å². The second kappa shape index (κ2) is 4.88. The maximum absolute atomic E-state index is 6.30. The largest absolute Gasteiger partial charge is 0.401 e. The zero-order valence-electron chi connectivity index (χ0n) is 11.9. The van der Waals surface area contributed by atoms with Crippen LogP contribution in [0.3, 0.4) is 0 Å². The van der Waals surface area contributed by atoms with Gasteiger partial charge in [-0.1, -0.05) is 6.58 Å². The van der Waals surface area contributed by atoms with E-state index in [1.807, 2.05) is 20.9 Å². The molecule has 19 heavy (non-hydrogen) atoms. The number of anilines is 1. The smallest absolute Gasteiger partial charge is 0.0602 e. The molecule has 0 amide bonds. The third kappa shape index (κ3) is 2.14. The Morgan fingerprint density at radius 1 is 1.47 bits per heavy atom. The van der Waals surface area contributed by atoms with E-state index in [9.17, 15) is 0 Å². The number of nitrogens with one attached hydrogen (secondary N) is 2. The zero-order chi connectivity index (χ0) is 14.2. The summed E-state index contributed by atoms with van der Waals surface area (Å²) in [5, 5.41) is 6.44. The molecule has 0 bridgehead atoms. The Kier molecular flexibility index (Phi) is 3.42. The zero-order valence-corrected chi connectivity index (χ0v) is 11.9. The summed E-state index contributed by atoms with van der Waals surface area (Å²) in [5.74, 6) is 0. The third-order valence-electron chi connectivity index (χ3n) is 3.70. The van der Waals surface area contributed by atoms with Gasteiger partial charge in [-0.15, -0.1) is 0 Å². The number of allylic oxidation sites excluding steroid dienone is 1. The van der Waals surface area contributed by atoms with Crippen LogP contribution in [0.5, 0.6) is 0 Å². The van der Waals surface area contributed by atoms with Crippen molar-refractivity contribution in [2.45, 2.75) is 20.3 Å². The molecule has 4 nitrogen and oxygen atoms in total. The Morgan fingerprint density at radius 3 is 2.74 bits per heavy atom. The molecule has 102 valence electrons. The third-order valence-corrected chi connectivity index (χ3v) is 3.70. The highest BCUT2D eigenvalue weighted by Gasteiger charge is 2.20. The molecule has 6 N–H and O–H groups in total. The molecular formula is C15H22N4. The number of nitrogen functional groups attached to an aromatic ring is 1. The van der Waals surface area contributed by atoms with E-state index in [2.05, 4.69) is 23.3 Å². The van der Waals surface area contributed by atoms with Crippen LogP contribution in [-0.2, 0) is 6.42 Å². The van der Waals surface area contributed by atoms with Crippen molar-refractivity contribution >= 4 is 17.1 Å². The molecule has 1 aromatic rings. The normalized spacial score (nSPS) is 15.4. The van der Waals surface area contributed by atoms with Crippen molar-refractivity contribution < 1.29 is 0 Å². The second-order valence-corrected chi connectivity index (χ2v) is 4.95. The summed E-state index contributed by atoms with van der Waals surface area (Å²) in [6.45, 7) is 8.87. The Morgan fingerprint density at radius 2 is 2.16 bits per heavy atom. The summed E-state index contributed by atoms with van der Waals surface area (Å²) >= 11 is 0. The van der Waals surface area contributed by atoms with E-state index in [0.29, 0.717) is 0 Å². The van der Waals surface area contributed by atoms with Crippen LogP contribution in [0.25, 0.3) is 11.4 Å². The summed E-state index contributed by atoms with van der Waals surface area (Å²) in [4.78, 5) is 0. The number of rotatable bonds is 2. The highest BCUT2D eigenvalue weighted by Crippen LogP contribution is 2.33. The van der Waals surface area contributed by atoms with Crippen molar-refractivity contribution in [1.29, 1.82) is 0 Å². The van der Waals surface area contributed by atoms with Crippen LogP contribution in [0.15, 0.2) is 18.3 Å². The van der Waals surface area contributed by atoms with E-state index in [1.165, 1.54) is 5.56 Å². The molecule has 0 radical (unpaired) electrons. The Hall–Kier alpha value is -2.10. The predicted octanol–water partition coefficient (Wildman–Crippen LogP) is 1.56. The molecule has 1 heterocycles. The molecule has 0 spiro atoms. The molecular weight excluding hydrogens is 236 g/mol. The average molecular weight is 258 g/mol. The van der Waals surface area contributed by atoms with Gasteiger partial charge in [0.2, 0.25) is 0 Å². The quantitative estimate of drug-likeness (QED) is 0.607. The lowest BCUT2D eigenvalue weighted by Gasteiger charge is -2.25. The van der Waals surface area contributed by atoms with Crippen molar-refractivity contribution in [2.75, 3.05) is 19.3 Å². The Balaban J connectivity index is 2.71. The van der Waals surface area contributed by atoms with Gasteiger partial charge in [0.25, 0.3) is 0 Å². The second-order valence-electron chi connectivity index (χ2n) is 4.95. The minimum Gasteiger partial charge on any atom is -0.401 e. The first-order valence-corrected chi connectivity index (χ1v) is 6.47. The van der Waals surface area contributed by atoms with Gasteiger partial charge in [-0.3, -0.25) is 0 Å². The fourth-order valence-corrected chi connectivity index (χ4v) is 2.63. The van der Waals surface area contributed by atoms with Gasteiger partial charge in [0.15, 0.2) is 0 Å². The SMILES string of the molecule is C=C1NCCc2c1cc(/C(NC)=C(\C)N)c(C)c2N. The fourth-order valence-electron chi connectivity index (χ4n) is 2.63. The average Bonchev–Trinajstić information content (AvgIpc) is 2.37. The van der Waals surface area contributed by atoms with Crippen molar-refractivity contribution in [2.24, 2.45) is 5.73 Å². The first-order valence-electron chi connectivity index (χ1n) is 6.47. The highest BCUT2D eigenvalue weighted by atomic mass is 14.9. The van der Waals surface area contributed by atoms with Crippen LogP contribution in [0.2, 0.25) is 0 Å². The number of hydrogen-bond acceptors (Lipinski definition) is 4. The summed E-state index contributed by atoms with van der Waals surface area (Å²) in [6, 6.07) is 2.12. The topological polar surface area (TPSA) is 76.1 Å². The molecule has 0 saturated carbocycles. The van der Waals surface area contributed by atoms with Gasteiger partial charge in [0.1, 0.15) is 0 Å². The monoisotopic (exact) mass is 258 g/mol. The molecule has 0 saturated heterocycles. The summed E-state index contributed by atoms with van der Waals surface area (Å²) in [7, 11) is 1.87. The molecule has 0 fully saturated rings. The van der Waals surface area contributed by atoms with E-state index in [4.69, 9.17) is 11.5 Å². The Labute approximate surface area is 114 Å². The molecule has 4 heteroatoms. The fraction of sp³-hybridized carbons (Fsp3) is 0.333. The predicted molar refractivity (Wildman–Crippen MR) is 82.2 cm³/mol. The molecule has 0 aliphatic carbocycles. The number of fused-ring (bicyclic) bond motifs is 1. The summed E-state index contributed by atoms with van der Waals surface area (Å²) in [6.07, 6.45) is 0.932. The minimum atomic E-state index is 0.749. The van der Waals surface area contributed by atoms with Crippen LogP contribution in [-0.4, -0.2) is 13.6 Å². The van der Waals surface area contributed by atoms with Gasteiger partial charge in [-0.2, -0.15) is 0 Å². The molecule has 2 rings (SSSR count). The lowest BCUT2D eigenvalue weighted by atomic mass is 9.89. The number of benzene rings is 1. The molecule has 1 aliphatic heterocycles. The van der Waals surface area contributed by atoms with Gasteiger partial charge >= 0.3 is 0 Å². The van der Waals surface area contributed by atoms with E-state index in [-0.39, 0.29) is 0 Å². The number of nitrogens with two attached hydrogens (primary N) is 2. The lowest BCUT2D eigenvalue weighted by Crippen LogP contribution is -2.24. The van der Waals surface area contributed by atoms with Crippen molar-refractivity contribution in [3.63, 3.8) is 0 Å². The van der Waals surface area contributed by atoms with Gasteiger partial charge in [0.05, 0.1) is 5.70 Å². The van der Waals surface area contributed by atoms with Gasteiger partial charge in [0, 0.05) is 41.8 Å². The summed E-state index contributed by atoms with van der Waals surface area (Å²) < 4.78 is 0. The maximum Gasteiger partial charge on any atom is 0.0602 e. The van der Waals surface area contributed by atoms with Gasteiger partial charge in [-0.05, 0) is 37.5 Å². The van der Waals surface area contributed by atoms with Crippen LogP contribution in [0.4, 0.5) is 5.69 Å².